The van der Waals surface area contributed by atoms with Crippen molar-refractivity contribution < 1.29 is 14.2 Å². The van der Waals surface area contributed by atoms with Gasteiger partial charge in [0.15, 0.2) is 5.96 Å². The maximum atomic E-state index is 6.00. The lowest BCUT2D eigenvalue weighted by molar-refractivity contribution is -0.0390. The molecule has 0 aromatic heterocycles. The Hall–Kier alpha value is -1.84. The molecule has 1 fully saturated rings. The van der Waals surface area contributed by atoms with Crippen LogP contribution in [0.3, 0.4) is 0 Å². The molecular formula is C25H36IN3O3. The summed E-state index contributed by atoms with van der Waals surface area (Å²) in [5, 5.41) is 6.75. The van der Waals surface area contributed by atoms with Gasteiger partial charge in [-0.3, -0.25) is 4.99 Å². The molecule has 0 atom stereocenters. The van der Waals surface area contributed by atoms with Crippen molar-refractivity contribution in [2.24, 2.45) is 4.99 Å². The zero-order valence-electron chi connectivity index (χ0n) is 19.4. The van der Waals surface area contributed by atoms with E-state index >= 15 is 0 Å². The number of hydrogen-bond acceptors (Lipinski definition) is 4. The summed E-state index contributed by atoms with van der Waals surface area (Å²) >= 11 is 0. The highest BCUT2D eigenvalue weighted by Gasteiger charge is 2.14. The Bertz CT molecular complexity index is 837. The van der Waals surface area contributed by atoms with Crippen LogP contribution in [0.1, 0.15) is 42.0 Å². The van der Waals surface area contributed by atoms with Crippen molar-refractivity contribution in [2.75, 3.05) is 26.9 Å². The number of nitrogens with one attached hydrogen (secondary N) is 2. The lowest BCUT2D eigenvalue weighted by Crippen LogP contribution is -2.36. The summed E-state index contributed by atoms with van der Waals surface area (Å²) < 4.78 is 17.1. The van der Waals surface area contributed by atoms with Gasteiger partial charge in [-0.25, -0.2) is 0 Å². The maximum absolute atomic E-state index is 6.00. The second-order valence-corrected chi connectivity index (χ2v) is 7.76. The van der Waals surface area contributed by atoms with Gasteiger partial charge >= 0.3 is 0 Å². The molecular weight excluding hydrogens is 517 g/mol. The quantitative estimate of drug-likeness (QED) is 0.271. The number of rotatable bonds is 9. The number of ether oxygens (including phenoxy) is 3. The van der Waals surface area contributed by atoms with Gasteiger partial charge in [-0.15, -0.1) is 24.0 Å². The van der Waals surface area contributed by atoms with E-state index in [0.29, 0.717) is 32.4 Å². The molecule has 6 nitrogen and oxygen atoms in total. The van der Waals surface area contributed by atoms with Gasteiger partial charge in [0, 0.05) is 38.9 Å². The van der Waals surface area contributed by atoms with Gasteiger partial charge in [0.05, 0.1) is 19.3 Å². The molecule has 1 saturated heterocycles. The average Bonchev–Trinajstić information content (AvgIpc) is 2.80. The first-order valence-electron chi connectivity index (χ1n) is 11.1. The fourth-order valence-electron chi connectivity index (χ4n) is 3.49. The van der Waals surface area contributed by atoms with Crippen LogP contribution in [0.5, 0.6) is 5.75 Å². The standard InChI is InChI=1S/C25H35N3O3.HI/c1-4-30-24-15-19(2)5-10-22(24)17-28-25(26-3)27-16-20-6-8-21(9-7-20)18-31-23-11-13-29-14-12-23;/h5-10,15,23H,4,11-14,16-18H2,1-3H3,(H2,26,27,28);1H. The Kier molecular flexibility index (Phi) is 11.8. The van der Waals surface area contributed by atoms with Gasteiger partial charge in [-0.05, 0) is 49.4 Å². The van der Waals surface area contributed by atoms with Gasteiger partial charge < -0.3 is 24.8 Å². The lowest BCUT2D eigenvalue weighted by Gasteiger charge is -2.22. The van der Waals surface area contributed by atoms with E-state index in [4.69, 9.17) is 14.2 Å². The van der Waals surface area contributed by atoms with Crippen LogP contribution in [-0.4, -0.2) is 38.9 Å². The summed E-state index contributed by atoms with van der Waals surface area (Å²) in [5.74, 6) is 1.68. The van der Waals surface area contributed by atoms with Crippen molar-refractivity contribution in [1.29, 1.82) is 0 Å². The number of nitrogens with zero attached hydrogens (tertiary/aromatic N) is 1. The molecule has 0 bridgehead atoms. The minimum atomic E-state index is 0. The third kappa shape index (κ3) is 8.60. The van der Waals surface area contributed by atoms with Gasteiger partial charge in [0.1, 0.15) is 5.75 Å². The first kappa shape index (κ1) is 26.4. The molecule has 2 N–H and O–H groups in total. The van der Waals surface area contributed by atoms with Gasteiger partial charge in [-0.1, -0.05) is 36.4 Å². The summed E-state index contributed by atoms with van der Waals surface area (Å²) in [6, 6.07) is 14.8. The molecule has 2 aromatic rings. The Morgan fingerprint density at radius 1 is 1.03 bits per heavy atom. The highest BCUT2D eigenvalue weighted by molar-refractivity contribution is 14.0. The Morgan fingerprint density at radius 2 is 1.72 bits per heavy atom. The number of guanidine groups is 1. The summed E-state index contributed by atoms with van der Waals surface area (Å²) in [7, 11) is 1.78. The van der Waals surface area contributed by atoms with Crippen LogP contribution in [0.15, 0.2) is 47.5 Å². The van der Waals surface area contributed by atoms with Gasteiger partial charge in [0.25, 0.3) is 0 Å². The number of hydrogen-bond donors (Lipinski definition) is 2. The number of aryl methyl sites for hydroxylation is 1. The molecule has 0 amide bonds. The van der Waals surface area contributed by atoms with Gasteiger partial charge in [0.2, 0.25) is 0 Å². The molecule has 0 radical (unpaired) electrons. The summed E-state index contributed by atoms with van der Waals surface area (Å²) in [6.45, 7) is 8.35. The van der Waals surface area contributed by atoms with Crippen molar-refractivity contribution in [1.82, 2.24) is 10.6 Å². The molecule has 1 heterocycles. The fourth-order valence-corrected chi connectivity index (χ4v) is 3.49. The fraction of sp³-hybridized carbons (Fsp3) is 0.480. The Labute approximate surface area is 209 Å². The lowest BCUT2D eigenvalue weighted by atomic mass is 10.1. The Morgan fingerprint density at radius 3 is 2.41 bits per heavy atom. The molecule has 2 aromatic carbocycles. The second kappa shape index (κ2) is 14.3. The predicted molar refractivity (Wildman–Crippen MR) is 140 cm³/mol. The van der Waals surface area contributed by atoms with Crippen molar-refractivity contribution in [3.63, 3.8) is 0 Å². The van der Waals surface area contributed by atoms with Crippen LogP contribution in [0, 0.1) is 6.92 Å². The van der Waals surface area contributed by atoms with Crippen LogP contribution in [0.4, 0.5) is 0 Å². The van der Waals surface area contributed by atoms with E-state index < -0.39 is 0 Å². The summed E-state index contributed by atoms with van der Waals surface area (Å²) in [5.41, 5.74) is 4.70. The molecule has 0 aliphatic carbocycles. The molecule has 0 saturated carbocycles. The normalized spacial score (nSPS) is 14.5. The highest BCUT2D eigenvalue weighted by atomic mass is 127. The van der Waals surface area contributed by atoms with Crippen LogP contribution in [0.25, 0.3) is 0 Å². The smallest absolute Gasteiger partial charge is 0.191 e. The monoisotopic (exact) mass is 553 g/mol. The third-order valence-electron chi connectivity index (χ3n) is 5.33. The van der Waals surface area contributed by atoms with E-state index in [1.807, 2.05) is 6.92 Å². The first-order valence-corrected chi connectivity index (χ1v) is 11.1. The summed E-state index contributed by atoms with van der Waals surface area (Å²) in [4.78, 5) is 4.33. The average molecular weight is 553 g/mol. The van der Waals surface area contributed by atoms with E-state index in [0.717, 1.165) is 43.3 Å². The van der Waals surface area contributed by atoms with Crippen LogP contribution < -0.4 is 15.4 Å². The van der Waals surface area contributed by atoms with Crippen LogP contribution in [-0.2, 0) is 29.2 Å². The van der Waals surface area contributed by atoms with Crippen LogP contribution >= 0.6 is 24.0 Å². The minimum Gasteiger partial charge on any atom is -0.494 e. The second-order valence-electron chi connectivity index (χ2n) is 7.76. The molecule has 0 unspecified atom stereocenters. The van der Waals surface area contributed by atoms with E-state index in [1.54, 1.807) is 7.05 Å². The maximum Gasteiger partial charge on any atom is 0.191 e. The molecule has 1 aliphatic heterocycles. The SMILES string of the molecule is CCOc1cc(C)ccc1CNC(=NC)NCc1ccc(COC2CCOCC2)cc1.I. The van der Waals surface area contributed by atoms with Crippen molar-refractivity contribution in [3.8, 4) is 5.75 Å². The van der Waals surface area contributed by atoms with E-state index in [1.165, 1.54) is 16.7 Å². The predicted octanol–water partition coefficient (Wildman–Crippen LogP) is 4.57. The zero-order chi connectivity index (χ0) is 21.9. The molecule has 176 valence electrons. The van der Waals surface area contributed by atoms with Crippen molar-refractivity contribution in [3.05, 3.63) is 64.7 Å². The molecule has 0 spiro atoms. The van der Waals surface area contributed by atoms with Crippen molar-refractivity contribution in [2.45, 2.75) is 52.5 Å². The third-order valence-corrected chi connectivity index (χ3v) is 5.33. The molecule has 1 aliphatic rings. The topological polar surface area (TPSA) is 64.1 Å². The van der Waals surface area contributed by atoms with Crippen molar-refractivity contribution >= 4 is 29.9 Å². The Balaban J connectivity index is 0.00000363. The van der Waals surface area contributed by atoms with E-state index in [2.05, 4.69) is 65.0 Å². The first-order chi connectivity index (χ1) is 15.2. The van der Waals surface area contributed by atoms with E-state index in [9.17, 15) is 0 Å². The molecule has 7 heteroatoms. The largest absolute Gasteiger partial charge is 0.494 e. The highest BCUT2D eigenvalue weighted by Crippen LogP contribution is 2.20. The molecule has 32 heavy (non-hydrogen) atoms. The number of benzene rings is 2. The van der Waals surface area contributed by atoms with Gasteiger partial charge in [-0.2, -0.15) is 0 Å². The van der Waals surface area contributed by atoms with E-state index in [-0.39, 0.29) is 24.0 Å². The molecule has 3 rings (SSSR count). The minimum absolute atomic E-state index is 0. The number of halogens is 1. The van der Waals surface area contributed by atoms with Crippen LogP contribution in [0.2, 0.25) is 0 Å². The summed E-state index contributed by atoms with van der Waals surface area (Å²) in [6.07, 6.45) is 2.30. The number of aliphatic imine (C=N–C) groups is 1. The zero-order valence-corrected chi connectivity index (χ0v) is 21.7.